The van der Waals surface area contributed by atoms with E-state index in [4.69, 9.17) is 23.0 Å². The normalized spacial score (nSPS) is 11.7. The minimum absolute atomic E-state index is 0.127. The molecule has 2 heterocycles. The Balaban J connectivity index is 1.65. The van der Waals surface area contributed by atoms with E-state index in [0.717, 1.165) is 11.8 Å². The number of ether oxygens (including phenoxy) is 3. The van der Waals surface area contributed by atoms with Crippen molar-refractivity contribution in [2.75, 3.05) is 27.1 Å². The van der Waals surface area contributed by atoms with Gasteiger partial charge in [0, 0.05) is 5.56 Å². The zero-order chi connectivity index (χ0) is 20.8. The van der Waals surface area contributed by atoms with Crippen LogP contribution < -0.4 is 19.5 Å². The Labute approximate surface area is 171 Å². The molecule has 0 aliphatic rings. The van der Waals surface area contributed by atoms with Crippen molar-refractivity contribution >= 4 is 17.7 Å². The first kappa shape index (κ1) is 20.6. The van der Waals surface area contributed by atoms with Crippen molar-refractivity contribution in [3.05, 3.63) is 36.3 Å². The first-order valence-electron chi connectivity index (χ1n) is 8.65. The van der Waals surface area contributed by atoms with Crippen LogP contribution in [0.3, 0.4) is 0 Å². The number of hydrogen-bond acceptors (Lipinski definition) is 9. The number of carbonyl (C=O) groups excluding carboxylic acids is 1. The number of aromatic nitrogens is 2. The van der Waals surface area contributed by atoms with Crippen molar-refractivity contribution < 1.29 is 27.8 Å². The predicted octanol–water partition coefficient (Wildman–Crippen LogP) is 3.32. The molecule has 9 nitrogen and oxygen atoms in total. The SMILES string of the molecule is COc1cc(-c2nnc(SCC(=O)N[C@H](C)c3ccco3)o2)cc(OC)c1OC. The van der Waals surface area contributed by atoms with E-state index in [9.17, 15) is 4.79 Å². The second-order valence-electron chi connectivity index (χ2n) is 5.88. The van der Waals surface area contributed by atoms with Gasteiger partial charge >= 0.3 is 0 Å². The molecular formula is C19H21N3O6S. The number of furan rings is 1. The van der Waals surface area contributed by atoms with Crippen LogP contribution in [0.5, 0.6) is 17.2 Å². The zero-order valence-electron chi connectivity index (χ0n) is 16.4. The molecule has 1 atom stereocenters. The summed E-state index contributed by atoms with van der Waals surface area (Å²) in [5.74, 6) is 2.33. The van der Waals surface area contributed by atoms with Gasteiger partial charge in [-0.1, -0.05) is 11.8 Å². The fraction of sp³-hybridized carbons (Fsp3) is 0.316. The van der Waals surface area contributed by atoms with E-state index >= 15 is 0 Å². The largest absolute Gasteiger partial charge is 0.493 e. The van der Waals surface area contributed by atoms with Crippen LogP contribution >= 0.6 is 11.8 Å². The van der Waals surface area contributed by atoms with E-state index < -0.39 is 0 Å². The van der Waals surface area contributed by atoms with Gasteiger partial charge in [-0.3, -0.25) is 4.79 Å². The van der Waals surface area contributed by atoms with Gasteiger partial charge in [0.25, 0.3) is 5.22 Å². The number of hydrogen-bond donors (Lipinski definition) is 1. The number of rotatable bonds is 9. The number of benzene rings is 1. The molecule has 2 aromatic heterocycles. The van der Waals surface area contributed by atoms with Crippen molar-refractivity contribution in [3.8, 4) is 28.7 Å². The maximum atomic E-state index is 12.1. The first-order valence-corrected chi connectivity index (χ1v) is 9.63. The monoisotopic (exact) mass is 419 g/mol. The molecule has 0 saturated heterocycles. The average Bonchev–Trinajstić information content (AvgIpc) is 3.43. The Hall–Kier alpha value is -3.14. The molecule has 0 unspecified atom stereocenters. The molecule has 0 aliphatic carbocycles. The van der Waals surface area contributed by atoms with Crippen molar-refractivity contribution in [3.63, 3.8) is 0 Å². The van der Waals surface area contributed by atoms with E-state index in [1.807, 2.05) is 6.92 Å². The summed E-state index contributed by atoms with van der Waals surface area (Å²) in [5, 5.41) is 11.1. The number of nitrogens with zero attached hydrogens (tertiary/aromatic N) is 2. The third-order valence-corrected chi connectivity index (χ3v) is 4.81. The van der Waals surface area contributed by atoms with E-state index in [-0.39, 0.29) is 28.8 Å². The fourth-order valence-electron chi connectivity index (χ4n) is 2.61. The summed E-state index contributed by atoms with van der Waals surface area (Å²) >= 11 is 1.14. The molecule has 0 aliphatic heterocycles. The highest BCUT2D eigenvalue weighted by atomic mass is 32.2. The predicted molar refractivity (Wildman–Crippen MR) is 105 cm³/mol. The van der Waals surface area contributed by atoms with E-state index in [2.05, 4.69) is 15.5 Å². The van der Waals surface area contributed by atoms with Gasteiger partial charge in [0.05, 0.1) is 39.4 Å². The molecule has 154 valence electrons. The number of amides is 1. The smallest absolute Gasteiger partial charge is 0.277 e. The van der Waals surface area contributed by atoms with Crippen LogP contribution in [-0.4, -0.2) is 43.2 Å². The van der Waals surface area contributed by atoms with E-state index in [1.54, 1.807) is 30.5 Å². The van der Waals surface area contributed by atoms with Crippen LogP contribution in [0.1, 0.15) is 18.7 Å². The lowest BCUT2D eigenvalue weighted by atomic mass is 10.2. The van der Waals surface area contributed by atoms with Gasteiger partial charge < -0.3 is 28.4 Å². The first-order chi connectivity index (χ1) is 14.0. The summed E-state index contributed by atoms with van der Waals surface area (Å²) < 4.78 is 26.9. The number of methoxy groups -OCH3 is 3. The van der Waals surface area contributed by atoms with Crippen LogP contribution in [0.15, 0.2) is 44.6 Å². The molecule has 29 heavy (non-hydrogen) atoms. The van der Waals surface area contributed by atoms with Gasteiger partial charge in [-0.25, -0.2) is 0 Å². The van der Waals surface area contributed by atoms with Crippen LogP contribution in [-0.2, 0) is 4.79 Å². The highest BCUT2D eigenvalue weighted by Gasteiger charge is 2.18. The molecule has 3 rings (SSSR count). The molecule has 0 fully saturated rings. The van der Waals surface area contributed by atoms with Gasteiger partial charge in [-0.05, 0) is 31.2 Å². The summed E-state index contributed by atoms with van der Waals surface area (Å²) in [6, 6.07) is 6.77. The average molecular weight is 419 g/mol. The van der Waals surface area contributed by atoms with Crippen molar-refractivity contribution in [1.82, 2.24) is 15.5 Å². The molecule has 10 heteroatoms. The van der Waals surface area contributed by atoms with Gasteiger partial charge in [-0.15, -0.1) is 10.2 Å². The van der Waals surface area contributed by atoms with Crippen molar-refractivity contribution in [2.24, 2.45) is 0 Å². The van der Waals surface area contributed by atoms with Crippen molar-refractivity contribution in [2.45, 2.75) is 18.2 Å². The molecule has 1 aromatic carbocycles. The topological polar surface area (TPSA) is 109 Å². The number of carbonyl (C=O) groups is 1. The Morgan fingerprint density at radius 1 is 1.17 bits per heavy atom. The molecule has 0 bridgehead atoms. The maximum Gasteiger partial charge on any atom is 0.277 e. The van der Waals surface area contributed by atoms with E-state index in [1.165, 1.54) is 21.3 Å². The maximum absolute atomic E-state index is 12.1. The standard InChI is InChI=1S/C19H21N3O6S/c1-11(13-6-5-7-27-13)20-16(23)10-29-19-22-21-18(28-19)12-8-14(24-2)17(26-4)15(9-12)25-3/h5-9,11H,10H2,1-4H3,(H,20,23)/t11-/m1/s1. The molecule has 0 radical (unpaired) electrons. The van der Waals surface area contributed by atoms with Crippen molar-refractivity contribution in [1.29, 1.82) is 0 Å². The van der Waals surface area contributed by atoms with E-state index in [0.29, 0.717) is 28.6 Å². The summed E-state index contributed by atoms with van der Waals surface area (Å²) in [6.07, 6.45) is 1.57. The van der Waals surface area contributed by atoms with Crippen LogP contribution in [0.25, 0.3) is 11.5 Å². The molecule has 1 amide bonds. The fourth-order valence-corrected chi connectivity index (χ4v) is 3.18. The number of thioether (sulfide) groups is 1. The Morgan fingerprint density at radius 2 is 1.90 bits per heavy atom. The van der Waals surface area contributed by atoms with Crippen LogP contribution in [0.2, 0.25) is 0 Å². The molecule has 0 spiro atoms. The molecular weight excluding hydrogens is 398 g/mol. The number of nitrogens with one attached hydrogen (secondary N) is 1. The van der Waals surface area contributed by atoms with Crippen LogP contribution in [0.4, 0.5) is 0 Å². The summed E-state index contributed by atoms with van der Waals surface area (Å²) in [6.45, 7) is 1.84. The lowest BCUT2D eigenvalue weighted by Gasteiger charge is -2.12. The minimum atomic E-state index is -0.226. The second-order valence-corrected chi connectivity index (χ2v) is 6.81. The van der Waals surface area contributed by atoms with Gasteiger partial charge in [0.15, 0.2) is 11.5 Å². The Bertz CT molecular complexity index is 932. The van der Waals surface area contributed by atoms with Crippen LogP contribution in [0, 0.1) is 0 Å². The molecule has 3 aromatic rings. The highest BCUT2D eigenvalue weighted by molar-refractivity contribution is 7.99. The third-order valence-electron chi connectivity index (χ3n) is 3.99. The zero-order valence-corrected chi connectivity index (χ0v) is 17.2. The lowest BCUT2D eigenvalue weighted by molar-refractivity contribution is -0.119. The third kappa shape index (κ3) is 4.83. The van der Waals surface area contributed by atoms with Gasteiger partial charge in [0.1, 0.15) is 5.76 Å². The van der Waals surface area contributed by atoms with Gasteiger partial charge in [-0.2, -0.15) is 0 Å². The quantitative estimate of drug-likeness (QED) is 0.522. The summed E-state index contributed by atoms with van der Waals surface area (Å²) in [4.78, 5) is 12.1. The summed E-state index contributed by atoms with van der Waals surface area (Å²) in [5.41, 5.74) is 0.606. The van der Waals surface area contributed by atoms with Gasteiger partial charge in [0.2, 0.25) is 17.5 Å². The summed E-state index contributed by atoms with van der Waals surface area (Å²) in [7, 11) is 4.58. The molecule has 0 saturated carbocycles. The minimum Gasteiger partial charge on any atom is -0.493 e. The molecule has 1 N–H and O–H groups in total. The lowest BCUT2D eigenvalue weighted by Crippen LogP contribution is -2.27. The Kier molecular flexibility index (Phi) is 6.65. The second kappa shape index (κ2) is 9.37. The highest BCUT2D eigenvalue weighted by Crippen LogP contribution is 2.41. The Morgan fingerprint density at radius 3 is 2.48 bits per heavy atom.